The molecule has 7 nitrogen and oxygen atoms in total. The first-order chi connectivity index (χ1) is 15.6. The van der Waals surface area contributed by atoms with Gasteiger partial charge in [0.05, 0.1) is 45.6 Å². The lowest BCUT2D eigenvalue weighted by atomic mass is 9.83. The highest BCUT2D eigenvalue weighted by Crippen LogP contribution is 2.39. The van der Waals surface area contributed by atoms with E-state index in [-0.39, 0.29) is 24.0 Å². The zero-order chi connectivity index (χ0) is 26.2. The highest BCUT2D eigenvalue weighted by atomic mass is 28.4. The Morgan fingerprint density at radius 2 is 1.56 bits per heavy atom. The van der Waals surface area contributed by atoms with Gasteiger partial charge in [0.2, 0.25) is 0 Å². The fourth-order valence-electron chi connectivity index (χ4n) is 3.22. The van der Waals surface area contributed by atoms with E-state index in [1.54, 1.807) is 7.11 Å². The number of rotatable bonds is 14. The molecule has 0 aliphatic rings. The summed E-state index contributed by atoms with van der Waals surface area (Å²) in [5.41, 5.74) is 0.600. The van der Waals surface area contributed by atoms with Crippen molar-refractivity contribution in [2.75, 3.05) is 20.8 Å². The summed E-state index contributed by atoms with van der Waals surface area (Å²) in [4.78, 5) is 11.4. The van der Waals surface area contributed by atoms with Crippen LogP contribution in [0.3, 0.4) is 0 Å². The van der Waals surface area contributed by atoms with Crippen LogP contribution in [0, 0.1) is 5.41 Å². The Hall–Kier alpha value is -1.45. The van der Waals surface area contributed by atoms with Gasteiger partial charge in [-0.05, 0) is 42.2 Å². The minimum absolute atomic E-state index is 0.0661. The number of ether oxygens (including phenoxy) is 3. The number of hydrogen-bond acceptors (Lipinski definition) is 7. The normalized spacial score (nSPS) is 15.5. The summed E-state index contributed by atoms with van der Waals surface area (Å²) in [7, 11) is 0.935. The van der Waals surface area contributed by atoms with Crippen molar-refractivity contribution < 1.29 is 33.6 Å². The molecule has 0 aromatic heterocycles. The van der Waals surface area contributed by atoms with Crippen LogP contribution in [-0.4, -0.2) is 63.6 Å². The molecule has 0 aliphatic heterocycles. The third-order valence-corrected chi connectivity index (χ3v) is 11.2. The van der Waals surface area contributed by atoms with Crippen molar-refractivity contribution in [1.29, 1.82) is 0 Å². The fourth-order valence-corrected chi connectivity index (χ4v) is 4.39. The summed E-state index contributed by atoms with van der Waals surface area (Å²) >= 11 is 0. The van der Waals surface area contributed by atoms with Gasteiger partial charge in [0.1, 0.15) is 5.75 Å². The lowest BCUT2D eigenvalue weighted by molar-refractivity contribution is -0.143. The van der Waals surface area contributed by atoms with Gasteiger partial charge in [-0.3, -0.25) is 4.79 Å². The first-order valence-electron chi connectivity index (χ1n) is 11.9. The van der Waals surface area contributed by atoms with Crippen molar-refractivity contribution in [2.45, 2.75) is 96.9 Å². The zero-order valence-electron chi connectivity index (χ0n) is 22.5. The number of carbonyl (C=O) groups is 1. The van der Waals surface area contributed by atoms with Crippen molar-refractivity contribution in [3.05, 3.63) is 29.8 Å². The maximum Gasteiger partial charge on any atom is 0.308 e. The molecule has 0 saturated heterocycles. The molecule has 34 heavy (non-hydrogen) atoms. The second kappa shape index (κ2) is 13.0. The Labute approximate surface area is 206 Å². The highest BCUT2D eigenvalue weighted by molar-refractivity contribution is 6.74. The number of aliphatic hydroxyl groups excluding tert-OH is 2. The monoisotopic (exact) mass is 498 g/mol. The molecule has 0 spiro atoms. The summed E-state index contributed by atoms with van der Waals surface area (Å²) in [6.07, 6.45) is -1.93. The molecule has 0 bridgehead atoms. The maximum atomic E-state index is 11.4. The molecule has 0 fully saturated rings. The van der Waals surface area contributed by atoms with Crippen molar-refractivity contribution in [2.24, 2.45) is 5.41 Å². The van der Waals surface area contributed by atoms with E-state index in [1.165, 1.54) is 7.11 Å². The summed E-state index contributed by atoms with van der Waals surface area (Å²) in [5, 5.41) is 21.0. The van der Waals surface area contributed by atoms with Gasteiger partial charge < -0.3 is 28.8 Å². The van der Waals surface area contributed by atoms with E-state index in [0.717, 1.165) is 11.3 Å². The second-order valence-corrected chi connectivity index (χ2v) is 16.1. The number of carbonyl (C=O) groups excluding carboxylic acids is 1. The average Bonchev–Trinajstić information content (AvgIpc) is 2.74. The zero-order valence-corrected chi connectivity index (χ0v) is 23.5. The average molecular weight is 499 g/mol. The summed E-state index contributed by atoms with van der Waals surface area (Å²) in [5.74, 6) is 0.272. The van der Waals surface area contributed by atoms with E-state index in [2.05, 4.69) is 52.4 Å². The molecule has 0 aliphatic carbocycles. The van der Waals surface area contributed by atoms with Gasteiger partial charge in [0.25, 0.3) is 0 Å². The maximum absolute atomic E-state index is 11.4. The predicted octanol–water partition coefficient (Wildman–Crippen LogP) is 4.69. The smallest absolute Gasteiger partial charge is 0.308 e. The molecule has 2 N–H and O–H groups in total. The van der Waals surface area contributed by atoms with Gasteiger partial charge in [-0.15, -0.1) is 0 Å². The Bertz CT molecular complexity index is 741. The Kier molecular flexibility index (Phi) is 11.7. The quantitative estimate of drug-likeness (QED) is 0.284. The lowest BCUT2D eigenvalue weighted by Crippen LogP contribution is -2.46. The van der Waals surface area contributed by atoms with Gasteiger partial charge in [0.15, 0.2) is 8.32 Å². The van der Waals surface area contributed by atoms with E-state index in [9.17, 15) is 15.0 Å². The highest BCUT2D eigenvalue weighted by Gasteiger charge is 2.41. The van der Waals surface area contributed by atoms with Gasteiger partial charge in [-0.2, -0.15) is 0 Å². The molecule has 0 heterocycles. The van der Waals surface area contributed by atoms with Crippen LogP contribution in [0.4, 0.5) is 0 Å². The molecule has 1 aromatic rings. The van der Waals surface area contributed by atoms with Crippen molar-refractivity contribution in [3.8, 4) is 5.75 Å². The third kappa shape index (κ3) is 10.0. The summed E-state index contributed by atoms with van der Waals surface area (Å²) in [6, 6.07) is 7.67. The number of benzene rings is 1. The van der Waals surface area contributed by atoms with E-state index in [0.29, 0.717) is 19.6 Å². The predicted molar refractivity (Wildman–Crippen MR) is 136 cm³/mol. The molecular weight excluding hydrogens is 452 g/mol. The molecule has 0 saturated carbocycles. The van der Waals surface area contributed by atoms with Gasteiger partial charge in [-0.25, -0.2) is 0 Å². The minimum atomic E-state index is -1.97. The fraction of sp³-hybridized carbons (Fsp3) is 0.731. The van der Waals surface area contributed by atoms with Crippen LogP contribution < -0.4 is 4.74 Å². The molecule has 196 valence electrons. The number of aliphatic hydroxyl groups is 2. The van der Waals surface area contributed by atoms with Crippen molar-refractivity contribution in [3.63, 3.8) is 0 Å². The molecule has 0 unspecified atom stereocenters. The lowest BCUT2D eigenvalue weighted by Gasteiger charge is -2.41. The van der Waals surface area contributed by atoms with Crippen LogP contribution in [0.5, 0.6) is 5.75 Å². The number of methoxy groups -OCH3 is 2. The first-order valence-corrected chi connectivity index (χ1v) is 14.8. The largest absolute Gasteiger partial charge is 0.497 e. The molecule has 8 heteroatoms. The number of hydrogen-bond donors (Lipinski definition) is 2. The van der Waals surface area contributed by atoms with Crippen LogP contribution in [0.2, 0.25) is 18.1 Å². The third-order valence-electron chi connectivity index (χ3n) is 6.75. The van der Waals surface area contributed by atoms with Gasteiger partial charge in [-0.1, -0.05) is 46.8 Å². The Morgan fingerprint density at radius 3 is 2.06 bits per heavy atom. The topological polar surface area (TPSA) is 94.5 Å². The second-order valence-electron chi connectivity index (χ2n) is 11.2. The Morgan fingerprint density at radius 1 is 0.971 bits per heavy atom. The molecule has 1 rings (SSSR count). The van der Waals surface area contributed by atoms with Crippen LogP contribution in [0.1, 0.15) is 59.4 Å². The molecule has 1 aromatic carbocycles. The number of esters is 1. The van der Waals surface area contributed by atoms with Crippen LogP contribution in [-0.2, 0) is 25.3 Å². The van der Waals surface area contributed by atoms with E-state index >= 15 is 0 Å². The molecule has 3 atom stereocenters. The molecule has 0 amide bonds. The molecular formula is C26H46O7Si. The molecule has 0 radical (unpaired) electrons. The van der Waals surface area contributed by atoms with Gasteiger partial charge >= 0.3 is 5.97 Å². The standard InChI is InChI=1S/C26H46O7Si/c1-25(2,3)34(8,9)33-18-26(4,5)23(15-20(27)14-21(28)16-24(29)31-7)32-17-19-10-12-22(30-6)13-11-19/h10-13,20-21,23,27-28H,14-18H2,1-9H3/t20-,21+,23+/m1/s1. The van der Waals surface area contributed by atoms with Crippen LogP contribution >= 0.6 is 0 Å². The van der Waals surface area contributed by atoms with Crippen molar-refractivity contribution in [1.82, 2.24) is 0 Å². The Balaban J connectivity index is 2.94. The van der Waals surface area contributed by atoms with E-state index in [1.807, 2.05) is 24.3 Å². The van der Waals surface area contributed by atoms with Crippen molar-refractivity contribution >= 4 is 14.3 Å². The minimum Gasteiger partial charge on any atom is -0.497 e. The summed E-state index contributed by atoms with van der Waals surface area (Å²) in [6.45, 7) is 16.1. The summed E-state index contributed by atoms with van der Waals surface area (Å²) < 4.78 is 22.7. The van der Waals surface area contributed by atoms with E-state index < -0.39 is 31.9 Å². The SMILES string of the molecule is COC(=O)C[C@@H](O)C[C@@H](O)C[C@H](OCc1ccc(OC)cc1)C(C)(C)CO[Si](C)(C)C(C)(C)C. The van der Waals surface area contributed by atoms with Gasteiger partial charge in [0, 0.05) is 18.4 Å². The van der Waals surface area contributed by atoms with Crippen LogP contribution in [0.25, 0.3) is 0 Å². The van der Waals surface area contributed by atoms with E-state index in [4.69, 9.17) is 13.9 Å². The first kappa shape index (κ1) is 30.6. The van der Waals surface area contributed by atoms with Crippen LogP contribution in [0.15, 0.2) is 24.3 Å².